The molecule has 0 fully saturated rings. The molecular formula is C14H13F3N4O3. The molecule has 1 N–H and O–H groups in total. The summed E-state index contributed by atoms with van der Waals surface area (Å²) in [6.45, 7) is 3.36. The summed E-state index contributed by atoms with van der Waals surface area (Å²) in [5, 5.41) is 9.72. The summed E-state index contributed by atoms with van der Waals surface area (Å²) in [7, 11) is 0. The highest BCUT2D eigenvalue weighted by Gasteiger charge is 2.38. The number of benzene rings is 1. The van der Waals surface area contributed by atoms with E-state index in [0.29, 0.717) is 5.69 Å². The summed E-state index contributed by atoms with van der Waals surface area (Å²) in [5.74, 6) is -2.74. The van der Waals surface area contributed by atoms with E-state index in [1.54, 1.807) is 19.2 Å². The minimum atomic E-state index is -4.99. The fraction of sp³-hybridized carbons (Fsp3) is 0.286. The van der Waals surface area contributed by atoms with Crippen molar-refractivity contribution in [3.8, 4) is 5.69 Å². The van der Waals surface area contributed by atoms with Gasteiger partial charge in [-0.2, -0.15) is 23.1 Å². The normalized spacial score (nSPS) is 11.2. The number of ether oxygens (including phenoxy) is 1. The number of alkyl halides is 3. The summed E-state index contributed by atoms with van der Waals surface area (Å²) in [6, 6.07) is 5.47. The van der Waals surface area contributed by atoms with E-state index in [2.05, 4.69) is 10.2 Å². The predicted molar refractivity (Wildman–Crippen MR) is 76.7 cm³/mol. The molecule has 0 bridgehead atoms. The van der Waals surface area contributed by atoms with Crippen molar-refractivity contribution in [2.24, 2.45) is 0 Å². The molecule has 2 rings (SSSR count). The zero-order valence-corrected chi connectivity index (χ0v) is 12.7. The predicted octanol–water partition coefficient (Wildman–Crippen LogP) is 2.25. The second-order valence-electron chi connectivity index (χ2n) is 4.65. The maximum atomic E-state index is 12.3. The number of aryl methyl sites for hydroxylation is 1. The van der Waals surface area contributed by atoms with Gasteiger partial charge in [0.05, 0.1) is 18.0 Å². The van der Waals surface area contributed by atoms with Crippen LogP contribution in [0.25, 0.3) is 5.69 Å². The third kappa shape index (κ3) is 3.89. The molecule has 1 aromatic heterocycles. The Morgan fingerprint density at radius 1 is 1.29 bits per heavy atom. The van der Waals surface area contributed by atoms with E-state index < -0.39 is 18.1 Å². The van der Waals surface area contributed by atoms with Crippen molar-refractivity contribution in [1.29, 1.82) is 0 Å². The molecule has 1 aromatic carbocycles. The largest absolute Gasteiger partial charge is 0.471 e. The Morgan fingerprint density at radius 2 is 2.00 bits per heavy atom. The highest BCUT2D eigenvalue weighted by molar-refractivity contribution is 5.95. The first-order chi connectivity index (χ1) is 11.2. The number of nitrogens with one attached hydrogen (secondary N) is 1. The van der Waals surface area contributed by atoms with E-state index in [1.807, 2.05) is 0 Å². The molecule has 1 amide bonds. The first-order valence-electron chi connectivity index (χ1n) is 6.82. The number of nitrogens with zero attached hydrogens (tertiary/aromatic N) is 3. The number of amides is 1. The quantitative estimate of drug-likeness (QED) is 0.862. The van der Waals surface area contributed by atoms with Crippen molar-refractivity contribution in [2.75, 3.05) is 11.9 Å². The van der Waals surface area contributed by atoms with Gasteiger partial charge in [0.25, 0.3) is 0 Å². The third-order valence-electron chi connectivity index (χ3n) is 2.84. The van der Waals surface area contributed by atoms with E-state index >= 15 is 0 Å². The van der Waals surface area contributed by atoms with Crippen molar-refractivity contribution < 1.29 is 27.5 Å². The van der Waals surface area contributed by atoms with Crippen LogP contribution in [-0.4, -0.2) is 39.7 Å². The zero-order valence-electron chi connectivity index (χ0n) is 12.7. The Labute approximate surface area is 134 Å². The first kappa shape index (κ1) is 17.4. The minimum absolute atomic E-state index is 0.00146. The summed E-state index contributed by atoms with van der Waals surface area (Å²) in [6.07, 6.45) is -4.99. The van der Waals surface area contributed by atoms with E-state index in [9.17, 15) is 22.8 Å². The molecule has 128 valence electrons. The number of carbonyl (C=O) groups excluding carboxylic acids is 2. The molecule has 24 heavy (non-hydrogen) atoms. The van der Waals surface area contributed by atoms with Gasteiger partial charge in [0.2, 0.25) is 0 Å². The Morgan fingerprint density at radius 3 is 2.62 bits per heavy atom. The van der Waals surface area contributed by atoms with Crippen molar-refractivity contribution in [2.45, 2.75) is 20.0 Å². The number of rotatable bonds is 4. The van der Waals surface area contributed by atoms with Gasteiger partial charge in [-0.25, -0.2) is 4.79 Å². The van der Waals surface area contributed by atoms with Crippen LogP contribution in [0, 0.1) is 6.92 Å². The van der Waals surface area contributed by atoms with Crippen LogP contribution >= 0.6 is 0 Å². The third-order valence-corrected chi connectivity index (χ3v) is 2.84. The van der Waals surface area contributed by atoms with E-state index in [0.717, 1.165) is 4.80 Å². The molecule has 0 unspecified atom stereocenters. The monoisotopic (exact) mass is 342 g/mol. The standard InChI is InChI=1S/C14H13F3N4O3/c1-3-24-12(22)11-8(2)19-21(20-11)10-6-4-5-9(7-10)18-13(23)14(15,16)17/h4-7H,3H2,1-2H3,(H,18,23). The van der Waals surface area contributed by atoms with Gasteiger partial charge in [-0.1, -0.05) is 6.07 Å². The van der Waals surface area contributed by atoms with E-state index in [1.165, 1.54) is 24.3 Å². The van der Waals surface area contributed by atoms with Gasteiger partial charge in [-0.3, -0.25) is 4.79 Å². The van der Waals surface area contributed by atoms with Crippen LogP contribution in [0.4, 0.5) is 18.9 Å². The molecule has 0 aliphatic heterocycles. The lowest BCUT2D eigenvalue weighted by molar-refractivity contribution is -0.167. The molecule has 0 saturated heterocycles. The van der Waals surface area contributed by atoms with Gasteiger partial charge >= 0.3 is 18.1 Å². The van der Waals surface area contributed by atoms with Crippen LogP contribution < -0.4 is 5.32 Å². The van der Waals surface area contributed by atoms with Crippen LogP contribution in [0.2, 0.25) is 0 Å². The molecule has 0 radical (unpaired) electrons. The zero-order chi connectivity index (χ0) is 17.9. The Hall–Kier alpha value is -2.91. The summed E-state index contributed by atoms with van der Waals surface area (Å²) >= 11 is 0. The minimum Gasteiger partial charge on any atom is -0.461 e. The number of anilines is 1. The van der Waals surface area contributed by atoms with Gasteiger partial charge in [0.1, 0.15) is 0 Å². The van der Waals surface area contributed by atoms with Crippen molar-refractivity contribution in [3.05, 3.63) is 35.7 Å². The number of hydrogen-bond acceptors (Lipinski definition) is 5. The number of esters is 1. The fourth-order valence-corrected chi connectivity index (χ4v) is 1.79. The van der Waals surface area contributed by atoms with Gasteiger partial charge in [0, 0.05) is 5.69 Å². The van der Waals surface area contributed by atoms with Gasteiger partial charge in [-0.05, 0) is 32.0 Å². The van der Waals surface area contributed by atoms with Gasteiger partial charge in [0.15, 0.2) is 5.69 Å². The number of aromatic nitrogens is 3. The molecule has 10 heteroatoms. The second-order valence-corrected chi connectivity index (χ2v) is 4.65. The van der Waals surface area contributed by atoms with Crippen molar-refractivity contribution in [3.63, 3.8) is 0 Å². The summed E-state index contributed by atoms with van der Waals surface area (Å²) in [5.41, 5.74) is 0.496. The molecule has 7 nitrogen and oxygen atoms in total. The maximum Gasteiger partial charge on any atom is 0.471 e. The van der Waals surface area contributed by atoms with E-state index in [-0.39, 0.29) is 23.7 Å². The molecule has 0 aliphatic carbocycles. The lowest BCUT2D eigenvalue weighted by Gasteiger charge is -2.08. The Balaban J connectivity index is 2.28. The highest BCUT2D eigenvalue weighted by Crippen LogP contribution is 2.20. The van der Waals surface area contributed by atoms with Crippen LogP contribution in [-0.2, 0) is 9.53 Å². The first-order valence-corrected chi connectivity index (χ1v) is 6.82. The molecule has 1 heterocycles. The molecule has 0 saturated carbocycles. The second kappa shape index (κ2) is 6.69. The average molecular weight is 342 g/mol. The molecular weight excluding hydrogens is 329 g/mol. The van der Waals surface area contributed by atoms with Crippen molar-refractivity contribution >= 4 is 17.6 Å². The topological polar surface area (TPSA) is 86.1 Å². The number of hydrogen-bond donors (Lipinski definition) is 1. The van der Waals surface area contributed by atoms with Crippen LogP contribution in [0.15, 0.2) is 24.3 Å². The van der Waals surface area contributed by atoms with Crippen LogP contribution in [0.3, 0.4) is 0 Å². The lowest BCUT2D eigenvalue weighted by Crippen LogP contribution is -2.29. The van der Waals surface area contributed by atoms with Gasteiger partial charge < -0.3 is 10.1 Å². The average Bonchev–Trinajstić information content (AvgIpc) is 2.89. The molecule has 0 spiro atoms. The number of carbonyl (C=O) groups is 2. The number of halogens is 3. The Kier molecular flexibility index (Phi) is 4.86. The van der Waals surface area contributed by atoms with E-state index in [4.69, 9.17) is 4.74 Å². The maximum absolute atomic E-state index is 12.3. The highest BCUT2D eigenvalue weighted by atomic mass is 19.4. The SMILES string of the molecule is CCOC(=O)c1nn(-c2cccc(NC(=O)C(F)(F)F)c2)nc1C. The lowest BCUT2D eigenvalue weighted by atomic mass is 10.3. The molecule has 2 aromatic rings. The Bertz CT molecular complexity index is 771. The van der Waals surface area contributed by atoms with Crippen molar-refractivity contribution in [1.82, 2.24) is 15.0 Å². The molecule has 0 atom stereocenters. The van der Waals surface area contributed by atoms with Crippen LogP contribution in [0.1, 0.15) is 23.1 Å². The smallest absolute Gasteiger partial charge is 0.461 e. The summed E-state index contributed by atoms with van der Waals surface area (Å²) < 4.78 is 41.7. The van der Waals surface area contributed by atoms with Crippen LogP contribution in [0.5, 0.6) is 0 Å². The summed E-state index contributed by atoms with van der Waals surface area (Å²) in [4.78, 5) is 23.8. The molecule has 0 aliphatic rings. The fourth-order valence-electron chi connectivity index (χ4n) is 1.79. The van der Waals surface area contributed by atoms with Gasteiger partial charge in [-0.15, -0.1) is 5.10 Å².